The van der Waals surface area contributed by atoms with Gasteiger partial charge in [-0.15, -0.1) is 0 Å². The molecule has 0 heterocycles. The zero-order chi connectivity index (χ0) is 20.8. The summed E-state index contributed by atoms with van der Waals surface area (Å²) >= 11 is 6.11. The van der Waals surface area contributed by atoms with Crippen molar-refractivity contribution in [2.45, 2.75) is 6.92 Å². The fourth-order valence-electron chi connectivity index (χ4n) is 2.52. The zero-order valence-electron chi connectivity index (χ0n) is 15.5. The first-order valence-corrected chi connectivity index (χ1v) is 8.64. The van der Waals surface area contributed by atoms with Crippen LogP contribution in [0.3, 0.4) is 0 Å². The van der Waals surface area contributed by atoms with E-state index in [2.05, 4.69) is 5.32 Å². The van der Waals surface area contributed by atoms with Crippen LogP contribution in [-0.2, 0) is 4.79 Å². The Kier molecular flexibility index (Phi) is 7.17. The van der Waals surface area contributed by atoms with E-state index in [1.54, 1.807) is 6.92 Å². The quantitative estimate of drug-likeness (QED) is 0.752. The molecule has 2 amide bonds. The Balaban J connectivity index is 2.20. The summed E-state index contributed by atoms with van der Waals surface area (Å²) in [6, 6.07) is 6.05. The molecule has 0 unspecified atom stereocenters. The van der Waals surface area contributed by atoms with Crippen molar-refractivity contribution in [2.75, 3.05) is 32.6 Å². The van der Waals surface area contributed by atoms with Crippen molar-refractivity contribution in [3.8, 4) is 11.5 Å². The van der Waals surface area contributed by atoms with Crippen LogP contribution >= 0.6 is 11.6 Å². The molecule has 0 aromatic heterocycles. The zero-order valence-corrected chi connectivity index (χ0v) is 16.3. The number of hydrogen-bond donors (Lipinski definition) is 1. The third-order valence-electron chi connectivity index (χ3n) is 3.91. The van der Waals surface area contributed by atoms with Gasteiger partial charge in [0.05, 0.1) is 19.2 Å². The van der Waals surface area contributed by atoms with E-state index in [0.717, 1.165) is 12.1 Å². The minimum atomic E-state index is -0.908. The summed E-state index contributed by atoms with van der Waals surface area (Å²) in [7, 11) is 2.81. The van der Waals surface area contributed by atoms with Gasteiger partial charge >= 0.3 is 0 Å². The molecule has 0 spiro atoms. The van der Waals surface area contributed by atoms with Crippen LogP contribution in [0.15, 0.2) is 30.3 Å². The molecule has 28 heavy (non-hydrogen) atoms. The smallest absolute Gasteiger partial charge is 0.254 e. The predicted octanol–water partition coefficient (Wildman–Crippen LogP) is 3.74. The minimum absolute atomic E-state index is 0.166. The number of nitrogens with one attached hydrogen (secondary N) is 1. The third-order valence-corrected chi connectivity index (χ3v) is 4.19. The number of ether oxygens (including phenoxy) is 2. The molecule has 6 nitrogen and oxygen atoms in total. The van der Waals surface area contributed by atoms with E-state index < -0.39 is 35.7 Å². The SMILES string of the molecule is CCN(CC(=O)Nc1c(F)cccc1F)C(=O)c1cc(Cl)c(OC)c(OC)c1. The Morgan fingerprint density at radius 2 is 1.79 bits per heavy atom. The molecule has 2 rings (SSSR count). The van der Waals surface area contributed by atoms with Crippen LogP contribution < -0.4 is 14.8 Å². The van der Waals surface area contributed by atoms with Crippen molar-refractivity contribution in [3.63, 3.8) is 0 Å². The number of hydrogen-bond acceptors (Lipinski definition) is 4. The number of carbonyl (C=O) groups is 2. The van der Waals surface area contributed by atoms with E-state index >= 15 is 0 Å². The molecule has 0 aliphatic rings. The maximum Gasteiger partial charge on any atom is 0.254 e. The highest BCUT2D eigenvalue weighted by Gasteiger charge is 2.22. The topological polar surface area (TPSA) is 67.9 Å². The summed E-state index contributed by atoms with van der Waals surface area (Å²) in [5.41, 5.74) is -0.389. The standard InChI is InChI=1S/C19H19ClF2N2O4/c1-4-24(10-16(25)23-17-13(21)6-5-7-14(17)22)19(26)11-8-12(20)18(28-3)15(9-11)27-2/h5-9H,4,10H2,1-3H3,(H,23,25). The Morgan fingerprint density at radius 1 is 1.14 bits per heavy atom. The van der Waals surface area contributed by atoms with Crippen molar-refractivity contribution in [1.82, 2.24) is 4.90 Å². The Bertz CT molecular complexity index is 872. The lowest BCUT2D eigenvalue weighted by Gasteiger charge is -2.21. The minimum Gasteiger partial charge on any atom is -0.493 e. The van der Waals surface area contributed by atoms with Gasteiger partial charge in [-0.2, -0.15) is 0 Å². The number of likely N-dealkylation sites (N-methyl/N-ethyl adjacent to an activating group) is 1. The van der Waals surface area contributed by atoms with Gasteiger partial charge in [-0.25, -0.2) is 8.78 Å². The van der Waals surface area contributed by atoms with Crippen LogP contribution in [0.2, 0.25) is 5.02 Å². The van der Waals surface area contributed by atoms with Gasteiger partial charge in [0.15, 0.2) is 11.5 Å². The Labute approximate surface area is 166 Å². The highest BCUT2D eigenvalue weighted by Crippen LogP contribution is 2.36. The summed E-state index contributed by atoms with van der Waals surface area (Å²) in [5.74, 6) is -2.53. The fraction of sp³-hybridized carbons (Fsp3) is 0.263. The lowest BCUT2D eigenvalue weighted by atomic mass is 10.1. The van der Waals surface area contributed by atoms with Crippen LogP contribution in [0.5, 0.6) is 11.5 Å². The van der Waals surface area contributed by atoms with E-state index in [0.29, 0.717) is 0 Å². The molecule has 0 saturated carbocycles. The fourth-order valence-corrected chi connectivity index (χ4v) is 2.81. The molecule has 150 valence electrons. The second kappa shape index (κ2) is 9.36. The lowest BCUT2D eigenvalue weighted by molar-refractivity contribution is -0.116. The predicted molar refractivity (Wildman–Crippen MR) is 101 cm³/mol. The number of carbonyl (C=O) groups excluding carboxylic acids is 2. The highest BCUT2D eigenvalue weighted by molar-refractivity contribution is 6.32. The number of para-hydroxylation sites is 1. The summed E-state index contributed by atoms with van der Waals surface area (Å²) in [4.78, 5) is 26.2. The van der Waals surface area contributed by atoms with Gasteiger partial charge in [-0.1, -0.05) is 17.7 Å². The molecule has 2 aromatic rings. The molecule has 0 saturated heterocycles. The Hall–Kier alpha value is -2.87. The Morgan fingerprint density at radius 3 is 2.32 bits per heavy atom. The third kappa shape index (κ3) is 4.69. The molecule has 0 aliphatic carbocycles. The van der Waals surface area contributed by atoms with Crippen molar-refractivity contribution in [3.05, 3.63) is 52.6 Å². The number of nitrogens with zero attached hydrogens (tertiary/aromatic N) is 1. The van der Waals surface area contributed by atoms with Crippen molar-refractivity contribution < 1.29 is 27.8 Å². The van der Waals surface area contributed by atoms with E-state index in [9.17, 15) is 18.4 Å². The number of halogens is 3. The summed E-state index contributed by atoms with van der Waals surface area (Å²) in [6.07, 6.45) is 0. The van der Waals surface area contributed by atoms with E-state index in [4.69, 9.17) is 21.1 Å². The second-order valence-electron chi connectivity index (χ2n) is 5.66. The van der Waals surface area contributed by atoms with Crippen molar-refractivity contribution >= 4 is 29.1 Å². The molecule has 2 aromatic carbocycles. The molecule has 0 radical (unpaired) electrons. The highest BCUT2D eigenvalue weighted by atomic mass is 35.5. The molecule has 0 fully saturated rings. The van der Waals surface area contributed by atoms with Crippen LogP contribution in [0.4, 0.5) is 14.5 Å². The van der Waals surface area contributed by atoms with Gasteiger partial charge in [0.25, 0.3) is 5.91 Å². The molecular formula is C19H19ClF2N2O4. The van der Waals surface area contributed by atoms with Gasteiger partial charge < -0.3 is 19.7 Å². The first-order valence-electron chi connectivity index (χ1n) is 8.27. The number of benzene rings is 2. The number of anilines is 1. The average molecular weight is 413 g/mol. The van der Waals surface area contributed by atoms with Crippen LogP contribution in [0.25, 0.3) is 0 Å². The van der Waals surface area contributed by atoms with Gasteiger partial charge in [0.2, 0.25) is 5.91 Å². The van der Waals surface area contributed by atoms with E-state index in [1.807, 2.05) is 0 Å². The van der Waals surface area contributed by atoms with Gasteiger partial charge in [-0.3, -0.25) is 9.59 Å². The first kappa shape index (κ1) is 21.4. The monoisotopic (exact) mass is 412 g/mol. The average Bonchev–Trinajstić information content (AvgIpc) is 2.67. The normalized spacial score (nSPS) is 10.4. The summed E-state index contributed by atoms with van der Waals surface area (Å²) < 4.78 is 37.6. The van der Waals surface area contributed by atoms with Crippen LogP contribution in [-0.4, -0.2) is 44.0 Å². The molecular weight excluding hydrogens is 394 g/mol. The van der Waals surface area contributed by atoms with E-state index in [-0.39, 0.29) is 28.6 Å². The summed E-state index contributed by atoms with van der Waals surface area (Å²) in [6.45, 7) is 1.43. The molecule has 1 N–H and O–H groups in total. The van der Waals surface area contributed by atoms with Crippen LogP contribution in [0.1, 0.15) is 17.3 Å². The maximum atomic E-state index is 13.7. The molecule has 0 bridgehead atoms. The molecule has 0 aliphatic heterocycles. The maximum absolute atomic E-state index is 13.7. The van der Waals surface area contributed by atoms with E-state index in [1.165, 1.54) is 37.3 Å². The van der Waals surface area contributed by atoms with Gasteiger partial charge in [0, 0.05) is 12.1 Å². The van der Waals surface area contributed by atoms with Crippen LogP contribution in [0, 0.1) is 11.6 Å². The first-order chi connectivity index (χ1) is 13.3. The van der Waals surface area contributed by atoms with Gasteiger partial charge in [0.1, 0.15) is 23.9 Å². The second-order valence-corrected chi connectivity index (χ2v) is 6.06. The number of rotatable bonds is 7. The van der Waals surface area contributed by atoms with Crippen molar-refractivity contribution in [1.29, 1.82) is 0 Å². The number of amides is 2. The molecule has 9 heteroatoms. The summed E-state index contributed by atoms with van der Waals surface area (Å²) in [5, 5.41) is 2.31. The van der Waals surface area contributed by atoms with Gasteiger partial charge in [-0.05, 0) is 31.2 Å². The van der Waals surface area contributed by atoms with Crippen molar-refractivity contribution in [2.24, 2.45) is 0 Å². The largest absolute Gasteiger partial charge is 0.493 e. The lowest BCUT2D eigenvalue weighted by Crippen LogP contribution is -2.38. The number of methoxy groups -OCH3 is 2. The molecule has 0 atom stereocenters.